The van der Waals surface area contributed by atoms with Crippen molar-refractivity contribution in [2.45, 2.75) is 39.5 Å². The lowest BCUT2D eigenvalue weighted by molar-refractivity contribution is 0.0299. The highest BCUT2D eigenvalue weighted by atomic mass is 16.5. The SMILES string of the molecule is CC(C)c1cc(-n2nnc(C(=O)N3CCOCC3)c2-c2ccc(CN3CCOCC3)cc2)c(OCc2ccccc2)cc1OCc1ccccc1. The first-order valence-electron chi connectivity index (χ1n) is 17.8. The third-order valence-corrected chi connectivity index (χ3v) is 9.32. The third-order valence-electron chi connectivity index (χ3n) is 9.32. The molecule has 0 atom stereocenters. The summed E-state index contributed by atoms with van der Waals surface area (Å²) in [5, 5.41) is 9.24. The van der Waals surface area contributed by atoms with Gasteiger partial charge < -0.3 is 23.8 Å². The highest BCUT2D eigenvalue weighted by Crippen LogP contribution is 2.39. The van der Waals surface area contributed by atoms with E-state index in [1.807, 2.05) is 54.6 Å². The van der Waals surface area contributed by atoms with Gasteiger partial charge in [0.1, 0.15) is 36.1 Å². The molecule has 10 nitrogen and oxygen atoms in total. The predicted molar refractivity (Wildman–Crippen MR) is 195 cm³/mol. The Morgan fingerprint density at radius 2 is 1.31 bits per heavy atom. The maximum Gasteiger partial charge on any atom is 0.276 e. The largest absolute Gasteiger partial charge is 0.488 e. The van der Waals surface area contributed by atoms with Crippen molar-refractivity contribution in [3.63, 3.8) is 0 Å². The molecule has 0 radical (unpaired) electrons. The van der Waals surface area contributed by atoms with Crippen LogP contribution in [-0.4, -0.2) is 83.3 Å². The number of amides is 1. The number of benzene rings is 4. The highest BCUT2D eigenvalue weighted by Gasteiger charge is 2.29. The monoisotopic (exact) mass is 687 g/mol. The number of rotatable bonds is 12. The zero-order chi connectivity index (χ0) is 35.0. The van der Waals surface area contributed by atoms with Crippen molar-refractivity contribution >= 4 is 5.91 Å². The van der Waals surface area contributed by atoms with Gasteiger partial charge in [0.15, 0.2) is 5.69 Å². The van der Waals surface area contributed by atoms with E-state index < -0.39 is 0 Å². The van der Waals surface area contributed by atoms with Crippen LogP contribution in [0.2, 0.25) is 0 Å². The summed E-state index contributed by atoms with van der Waals surface area (Å²) in [7, 11) is 0. The van der Waals surface area contributed by atoms with Crippen molar-refractivity contribution in [3.8, 4) is 28.4 Å². The molecule has 2 aliphatic rings. The average molecular weight is 688 g/mol. The minimum atomic E-state index is -0.171. The van der Waals surface area contributed by atoms with Gasteiger partial charge >= 0.3 is 0 Å². The Labute approximate surface area is 299 Å². The van der Waals surface area contributed by atoms with Crippen LogP contribution < -0.4 is 9.47 Å². The summed E-state index contributed by atoms with van der Waals surface area (Å²) in [4.78, 5) is 18.3. The van der Waals surface area contributed by atoms with Crippen LogP contribution in [0.4, 0.5) is 0 Å². The molecule has 1 aromatic heterocycles. The van der Waals surface area contributed by atoms with Crippen LogP contribution in [0.5, 0.6) is 11.5 Å². The van der Waals surface area contributed by atoms with Gasteiger partial charge in [0.2, 0.25) is 0 Å². The van der Waals surface area contributed by atoms with E-state index in [9.17, 15) is 4.79 Å². The van der Waals surface area contributed by atoms with Gasteiger partial charge in [-0.15, -0.1) is 5.10 Å². The quantitative estimate of drug-likeness (QED) is 0.147. The van der Waals surface area contributed by atoms with Gasteiger partial charge in [0, 0.05) is 44.4 Å². The van der Waals surface area contributed by atoms with Gasteiger partial charge in [-0.3, -0.25) is 9.69 Å². The second-order valence-electron chi connectivity index (χ2n) is 13.2. The van der Waals surface area contributed by atoms with E-state index in [1.54, 1.807) is 9.58 Å². The number of hydrogen-bond acceptors (Lipinski definition) is 8. The number of ether oxygens (including phenoxy) is 4. The Kier molecular flexibility index (Phi) is 11.0. The van der Waals surface area contributed by atoms with Crippen molar-refractivity contribution in [2.75, 3.05) is 52.6 Å². The molecule has 3 heterocycles. The highest BCUT2D eigenvalue weighted by molar-refractivity contribution is 5.98. The van der Waals surface area contributed by atoms with Crippen LogP contribution in [0.25, 0.3) is 16.9 Å². The van der Waals surface area contributed by atoms with E-state index in [2.05, 4.69) is 71.5 Å². The smallest absolute Gasteiger partial charge is 0.276 e. The average Bonchev–Trinajstić information content (AvgIpc) is 3.62. The fourth-order valence-corrected chi connectivity index (χ4v) is 6.45. The molecule has 0 spiro atoms. The summed E-state index contributed by atoms with van der Waals surface area (Å²) in [5.41, 5.74) is 6.72. The maximum absolute atomic E-state index is 14.1. The lowest BCUT2D eigenvalue weighted by atomic mass is 10.00. The number of carbonyl (C=O) groups is 1. The van der Waals surface area contributed by atoms with E-state index in [1.165, 1.54) is 5.56 Å². The minimum absolute atomic E-state index is 0.124. The van der Waals surface area contributed by atoms with Crippen LogP contribution >= 0.6 is 0 Å². The molecule has 4 aromatic carbocycles. The first-order chi connectivity index (χ1) is 25.0. The molecule has 0 unspecified atom stereocenters. The van der Waals surface area contributed by atoms with Crippen LogP contribution in [0.1, 0.15) is 52.5 Å². The second kappa shape index (κ2) is 16.3. The van der Waals surface area contributed by atoms with Gasteiger partial charge in [-0.05, 0) is 34.2 Å². The Morgan fingerprint density at radius 3 is 1.92 bits per heavy atom. The summed E-state index contributed by atoms with van der Waals surface area (Å²) in [5.74, 6) is 1.26. The number of hydrogen-bond donors (Lipinski definition) is 0. The Hall–Kier alpha value is -5.03. The van der Waals surface area contributed by atoms with Crippen molar-refractivity contribution in [1.29, 1.82) is 0 Å². The summed E-state index contributed by atoms with van der Waals surface area (Å²) in [6.45, 7) is 11.2. The number of morpholine rings is 2. The Bertz CT molecular complexity index is 1880. The van der Waals surface area contributed by atoms with Crippen LogP contribution in [0.3, 0.4) is 0 Å². The van der Waals surface area contributed by atoms with E-state index in [0.717, 1.165) is 60.9 Å². The van der Waals surface area contributed by atoms with Gasteiger partial charge in [-0.2, -0.15) is 0 Å². The molecule has 2 saturated heterocycles. The topological polar surface area (TPSA) is 91.2 Å². The molecule has 1 amide bonds. The molecule has 2 aliphatic heterocycles. The first-order valence-corrected chi connectivity index (χ1v) is 17.8. The summed E-state index contributed by atoms with van der Waals surface area (Å²) in [6.07, 6.45) is 0. The fraction of sp³-hybridized carbons (Fsp3) is 0.341. The summed E-state index contributed by atoms with van der Waals surface area (Å²) in [6, 6.07) is 32.6. The standard InChI is InChI=1S/C41H45N5O5/c1-30(2)35-25-36(38(51-29-33-11-7-4-8-12-33)26-37(35)50-28-32-9-5-3-6-10-32)46-40(39(42-43-46)41(47)45-19-23-49-24-20-45)34-15-13-31(14-16-34)27-44-17-21-48-22-18-44/h3-16,25-26,30H,17-24,27-29H2,1-2H3. The number of aromatic nitrogens is 3. The van der Waals surface area contributed by atoms with E-state index in [4.69, 9.17) is 18.9 Å². The van der Waals surface area contributed by atoms with Crippen molar-refractivity contribution in [1.82, 2.24) is 24.8 Å². The van der Waals surface area contributed by atoms with Crippen LogP contribution in [0, 0.1) is 0 Å². The second-order valence-corrected chi connectivity index (χ2v) is 13.2. The summed E-state index contributed by atoms with van der Waals surface area (Å²) < 4.78 is 25.9. The Balaban J connectivity index is 1.31. The molecule has 0 N–H and O–H groups in total. The molecule has 2 fully saturated rings. The van der Waals surface area contributed by atoms with E-state index in [0.29, 0.717) is 62.3 Å². The van der Waals surface area contributed by atoms with E-state index >= 15 is 0 Å². The molecular formula is C41H45N5O5. The predicted octanol–water partition coefficient (Wildman–Crippen LogP) is 6.52. The van der Waals surface area contributed by atoms with Crippen LogP contribution in [-0.2, 0) is 29.2 Å². The lowest BCUT2D eigenvalue weighted by Crippen LogP contribution is -2.41. The molecule has 10 heteroatoms. The number of nitrogens with zero attached hydrogens (tertiary/aromatic N) is 5. The first kappa shape index (κ1) is 34.4. The van der Waals surface area contributed by atoms with Gasteiger partial charge in [-0.25, -0.2) is 4.68 Å². The molecule has 7 rings (SSSR count). The number of carbonyl (C=O) groups excluding carboxylic acids is 1. The van der Waals surface area contributed by atoms with Crippen LogP contribution in [0.15, 0.2) is 97.1 Å². The lowest BCUT2D eigenvalue weighted by Gasteiger charge is -2.27. The third kappa shape index (κ3) is 8.31. The molecule has 0 saturated carbocycles. The molecule has 51 heavy (non-hydrogen) atoms. The van der Waals surface area contributed by atoms with Crippen molar-refractivity contribution in [2.24, 2.45) is 0 Å². The zero-order valence-corrected chi connectivity index (χ0v) is 29.4. The minimum Gasteiger partial charge on any atom is -0.488 e. The molecular weight excluding hydrogens is 642 g/mol. The summed E-state index contributed by atoms with van der Waals surface area (Å²) >= 11 is 0. The van der Waals surface area contributed by atoms with Gasteiger partial charge in [0.05, 0.1) is 26.4 Å². The molecule has 264 valence electrons. The van der Waals surface area contributed by atoms with Crippen molar-refractivity contribution < 1.29 is 23.7 Å². The molecule has 5 aromatic rings. The van der Waals surface area contributed by atoms with Gasteiger partial charge in [0.25, 0.3) is 5.91 Å². The van der Waals surface area contributed by atoms with E-state index in [-0.39, 0.29) is 11.8 Å². The molecule has 0 aliphatic carbocycles. The normalized spacial score (nSPS) is 15.2. The fourth-order valence-electron chi connectivity index (χ4n) is 6.45. The molecule has 0 bridgehead atoms. The maximum atomic E-state index is 14.1. The van der Waals surface area contributed by atoms with Gasteiger partial charge in [-0.1, -0.05) is 104 Å². The Morgan fingerprint density at radius 1 is 0.725 bits per heavy atom. The van der Waals surface area contributed by atoms with Crippen molar-refractivity contribution in [3.05, 3.63) is 125 Å². The zero-order valence-electron chi connectivity index (χ0n) is 29.4.